The predicted molar refractivity (Wildman–Crippen MR) is 421 cm³/mol. The fourth-order valence-corrected chi connectivity index (χ4v) is 14.5. The minimum absolute atomic E-state index is 0. The van der Waals surface area contributed by atoms with Crippen molar-refractivity contribution in [3.8, 4) is 11.5 Å². The molecule has 4 aromatic carbocycles. The molecule has 618 valence electrons. The summed E-state index contributed by atoms with van der Waals surface area (Å²) in [5, 5.41) is 20.4. The van der Waals surface area contributed by atoms with Gasteiger partial charge in [-0.2, -0.15) is 26.0 Å². The number of hydrogen-bond acceptors (Lipinski definition) is 20. The Bertz CT molecular complexity index is 5030. The third kappa shape index (κ3) is 24.4. The van der Waals surface area contributed by atoms with E-state index >= 15 is 0 Å². The number of carbonyl (C=O) groups excluding carboxylic acids is 7. The Morgan fingerprint density at radius 3 is 1.29 bits per heavy atom. The van der Waals surface area contributed by atoms with Crippen LogP contribution in [0.3, 0.4) is 0 Å². The lowest BCUT2D eigenvalue weighted by Gasteiger charge is -2.35. The number of halogens is 2. The van der Waals surface area contributed by atoms with Crippen LogP contribution in [0.1, 0.15) is 129 Å². The molecule has 11 rings (SSSR count). The van der Waals surface area contributed by atoms with E-state index < -0.39 is 103 Å². The van der Waals surface area contributed by atoms with Crippen LogP contribution in [0.5, 0.6) is 11.5 Å². The first-order chi connectivity index (χ1) is 54.2. The summed E-state index contributed by atoms with van der Waals surface area (Å²) < 4.78 is 93.4. The summed E-state index contributed by atoms with van der Waals surface area (Å²) in [5.41, 5.74) is 8.60. The molecule has 30 nitrogen and oxygen atoms in total. The highest BCUT2D eigenvalue weighted by Gasteiger charge is 2.50. The highest BCUT2D eigenvalue weighted by atomic mass is 127. The number of fused-ring (bicyclic) bond motifs is 4. The molecule has 0 saturated carbocycles. The highest BCUT2D eigenvalue weighted by molar-refractivity contribution is 7.86. The maximum atomic E-state index is 14.4. The Kier molecular flexibility index (Phi) is 34.7. The topological polar surface area (TPSA) is 411 Å². The number of aromatic nitrogens is 2. The lowest BCUT2D eigenvalue weighted by atomic mass is 9.70. The summed E-state index contributed by atoms with van der Waals surface area (Å²) in [6, 6.07) is 30.6. The lowest BCUT2D eigenvalue weighted by molar-refractivity contribution is -0.674. The number of carboxylic acids is 1. The first-order valence-electron chi connectivity index (χ1n) is 37.7. The number of imide groups is 1. The number of aryl methyl sites for hydroxylation is 2. The average Bonchev–Trinajstić information content (AvgIpc) is 1.63. The number of anilines is 2. The van der Waals surface area contributed by atoms with Gasteiger partial charge in [0, 0.05) is 77.1 Å². The summed E-state index contributed by atoms with van der Waals surface area (Å²) in [4.78, 5) is 112. The SMILES string of the molecule is CCN1/C(=C/C=C2C=C(/C=C/c3oc4ccccc4[n+]3CC)CC(C(=O)NCCCCCC(=O)O)(C(=O)NCCS(=O)(=O)O)C/2)Oc2ccccc21.CCN1/C(=C/C=C2C=C(/C=C/c3oc4ccccc4[n+]3CC)CC(C(=O)NCCCCCC(=O)ON3C(=O)CCC3=O)(C(=O)NCCS(=O)(=O)O)C/2)Oc2ccccc21.CN.[I-].[I-]. The molecule has 2 aliphatic carbocycles. The third-order valence-corrected chi connectivity index (χ3v) is 20.7. The van der Waals surface area contributed by atoms with E-state index in [2.05, 4.69) is 27.0 Å². The van der Waals surface area contributed by atoms with Crippen LogP contribution in [0.15, 0.2) is 189 Å². The van der Waals surface area contributed by atoms with Crippen LogP contribution >= 0.6 is 0 Å². The average molecular weight is 1850 g/mol. The van der Waals surface area contributed by atoms with E-state index in [0.717, 1.165) is 22.4 Å². The molecule has 0 spiro atoms. The van der Waals surface area contributed by atoms with Crippen molar-refractivity contribution in [2.45, 2.75) is 131 Å². The molecule has 2 atom stereocenters. The second kappa shape index (κ2) is 43.2. The van der Waals surface area contributed by atoms with Gasteiger partial charge in [0.2, 0.25) is 46.6 Å². The van der Waals surface area contributed by atoms with E-state index in [9.17, 15) is 64.3 Å². The number of amides is 6. The number of carboxylic acid groups (broad SMARTS) is 1. The van der Waals surface area contributed by atoms with Crippen molar-refractivity contribution in [1.82, 2.24) is 26.3 Å². The summed E-state index contributed by atoms with van der Waals surface area (Å²) in [5.74, 6) is -3.11. The van der Waals surface area contributed by atoms with Crippen LogP contribution in [0.4, 0.5) is 11.4 Å². The molecular formula is C81H98I2N10O20S2. The number of nitrogens with one attached hydrogen (secondary N) is 4. The van der Waals surface area contributed by atoms with Crippen molar-refractivity contribution in [3.05, 3.63) is 192 Å². The van der Waals surface area contributed by atoms with E-state index in [1.165, 1.54) is 7.05 Å². The van der Waals surface area contributed by atoms with Crippen molar-refractivity contribution in [3.63, 3.8) is 0 Å². The summed E-state index contributed by atoms with van der Waals surface area (Å²) >= 11 is 0. The van der Waals surface area contributed by atoms with E-state index in [4.69, 9.17) is 28.3 Å². The molecule has 34 heteroatoms. The summed E-state index contributed by atoms with van der Waals surface area (Å²) in [6.07, 6.45) is 20.7. The molecule has 9 N–H and O–H groups in total. The molecule has 3 aliphatic heterocycles. The standard InChI is InChI=1S/C42H47N5O11S.C38H44N4O9S.CH5N.2HI/c1-3-45-31-12-7-9-14-33(31)56-37(45)21-17-29-26-30(18-22-38-46(4-2)32-13-8-10-15-34(32)57-38)28-42(27-29,41(52)44-24-25-59(53,54)55)40(51)43-23-11-5-6-16-39(50)58-47-35(48)19-20-36(47)49;1-3-41-29-12-7-9-14-31(29)50-33(41)19-17-27-24-28(18-20-34-42(4-2)30-13-8-10-15-32(30)51-34)26-38(25-27,37(46)40-22-23-52(47,48)49)36(45)39-21-11-5-6-16-35(43)44;1-2;;/h7-10,12-15,17-18,21-22,26H,3-6,11,16,19-20,23-25,27-28H2,1-2H3,(H2-,43,44,51,52,53,54,55);7-10,12-15,17-20,24H,3-6,11,16,21-23,25-26H2,1-2H3,(H3-,39,40,43,44,45,46,47,48,49);2H2,1H3;2*1H. The number of nitrogens with two attached hydrogens (primary N) is 1. The van der Waals surface area contributed by atoms with Gasteiger partial charge in [-0.05, 0) is 169 Å². The number of oxazole rings is 2. The zero-order chi connectivity index (χ0) is 81.5. The number of hydrogen-bond donors (Lipinski definition) is 8. The zero-order valence-corrected chi connectivity index (χ0v) is 70.6. The first-order valence-corrected chi connectivity index (χ1v) is 40.9. The van der Waals surface area contributed by atoms with Gasteiger partial charge < -0.3 is 113 Å². The van der Waals surface area contributed by atoms with Gasteiger partial charge in [0.05, 0.1) is 35.0 Å². The number of aliphatic carboxylic acids is 1. The maximum absolute atomic E-state index is 14.4. The smallest absolute Gasteiger partial charge is 0.374 e. The number of allylic oxidation sites excluding steroid dienone is 12. The Balaban J connectivity index is 0.000000309. The van der Waals surface area contributed by atoms with Crippen LogP contribution in [0.2, 0.25) is 0 Å². The van der Waals surface area contributed by atoms with Crippen molar-refractivity contribution in [2.75, 3.05) is 67.6 Å². The summed E-state index contributed by atoms with van der Waals surface area (Å²) in [7, 11) is -7.29. The van der Waals surface area contributed by atoms with Crippen molar-refractivity contribution >= 4 is 113 Å². The molecule has 0 bridgehead atoms. The molecule has 1 saturated heterocycles. The van der Waals surface area contributed by atoms with E-state index in [-0.39, 0.29) is 112 Å². The molecule has 5 heterocycles. The largest absolute Gasteiger partial charge is 1.00 e. The minimum atomic E-state index is -4.42. The van der Waals surface area contributed by atoms with Gasteiger partial charge >= 0.3 is 23.7 Å². The second-order valence-corrected chi connectivity index (χ2v) is 30.2. The van der Waals surface area contributed by atoms with Gasteiger partial charge in [0.15, 0.2) is 11.5 Å². The Morgan fingerprint density at radius 2 is 0.896 bits per heavy atom. The highest BCUT2D eigenvalue weighted by Crippen LogP contribution is 2.45. The molecule has 115 heavy (non-hydrogen) atoms. The quantitative estimate of drug-likeness (QED) is 0.00733. The molecule has 2 aromatic heterocycles. The van der Waals surface area contributed by atoms with Gasteiger partial charge in [-0.15, -0.1) is 5.06 Å². The number of ether oxygens (including phenoxy) is 2. The summed E-state index contributed by atoms with van der Waals surface area (Å²) in [6.45, 7) is 10.0. The Labute approximate surface area is 702 Å². The second-order valence-electron chi connectivity index (χ2n) is 27.1. The van der Waals surface area contributed by atoms with Gasteiger partial charge in [0.1, 0.15) is 23.9 Å². The molecule has 0 radical (unpaired) electrons. The van der Waals surface area contributed by atoms with E-state index in [1.54, 1.807) is 36.5 Å². The number of rotatable bonds is 33. The normalized spacial score (nSPS) is 18.5. The molecule has 2 unspecified atom stereocenters. The van der Waals surface area contributed by atoms with Crippen LogP contribution in [0.25, 0.3) is 34.4 Å². The minimum Gasteiger partial charge on any atom is -1.00 e. The van der Waals surface area contributed by atoms with E-state index in [0.29, 0.717) is 138 Å². The van der Waals surface area contributed by atoms with Gasteiger partial charge in [-0.1, -0.05) is 85.7 Å². The fraction of sp³-hybridized carbons (Fsp3) is 0.383. The number of unbranched alkanes of at least 4 members (excludes halogenated alkanes) is 4. The van der Waals surface area contributed by atoms with Gasteiger partial charge in [-0.25, -0.2) is 4.79 Å². The lowest BCUT2D eigenvalue weighted by Crippen LogP contribution is -3.00. The van der Waals surface area contributed by atoms with Crippen LogP contribution < -0.4 is 103 Å². The van der Waals surface area contributed by atoms with Crippen LogP contribution in [0, 0.1) is 10.8 Å². The molecule has 5 aliphatic rings. The van der Waals surface area contributed by atoms with Crippen molar-refractivity contribution in [1.29, 1.82) is 0 Å². The van der Waals surface area contributed by atoms with E-state index in [1.807, 2.05) is 168 Å². The Morgan fingerprint density at radius 1 is 0.513 bits per heavy atom. The maximum Gasteiger partial charge on any atom is 0.374 e. The molecule has 6 amide bonds. The number of benzene rings is 4. The number of nitrogens with zero attached hydrogens (tertiary/aromatic N) is 5. The van der Waals surface area contributed by atoms with Crippen molar-refractivity contribution < 1.29 is 150 Å². The van der Waals surface area contributed by atoms with Crippen LogP contribution in [-0.2, 0) is 76.5 Å². The predicted octanol–water partition coefficient (Wildman–Crippen LogP) is 2.93. The fourth-order valence-electron chi connectivity index (χ4n) is 13.8. The van der Waals surface area contributed by atoms with Gasteiger partial charge in [0.25, 0.3) is 43.1 Å². The molecule has 1 fully saturated rings. The van der Waals surface area contributed by atoms with Crippen LogP contribution in [-0.4, -0.2) is 141 Å². The van der Waals surface area contributed by atoms with Gasteiger partial charge in [-0.3, -0.25) is 42.7 Å². The number of hydroxylamine groups is 2. The number of carbonyl (C=O) groups is 8. The molecule has 6 aromatic rings. The zero-order valence-electron chi connectivity index (χ0n) is 64.6. The Hall–Kier alpha value is -9.86. The third-order valence-electron chi connectivity index (χ3n) is 19.3. The van der Waals surface area contributed by atoms with Crippen molar-refractivity contribution in [2.24, 2.45) is 16.6 Å². The number of para-hydroxylation sites is 8. The monoisotopic (exact) mass is 1850 g/mol. The molecular weight excluding hydrogens is 1750 g/mol. The first kappa shape index (κ1) is 92.3.